The van der Waals surface area contributed by atoms with Gasteiger partial charge in [-0.05, 0) is 55.3 Å². The lowest BCUT2D eigenvalue weighted by atomic mass is 10.1. The first-order chi connectivity index (χ1) is 16.9. The van der Waals surface area contributed by atoms with E-state index in [4.69, 9.17) is 0 Å². The third kappa shape index (κ3) is 5.78. The fraction of sp³-hybridized carbons (Fsp3) is 0.0714. The number of azo groups is 1. The number of nitrogens with one attached hydrogen (secondary N) is 2. The third-order valence-electron chi connectivity index (χ3n) is 5.23. The molecule has 0 aliphatic rings. The number of nitrogens with zero attached hydrogens (tertiary/aromatic N) is 2. The smallest absolute Gasteiger partial charge is 0.311 e. The second kappa shape index (κ2) is 10.4. The van der Waals surface area contributed by atoms with Crippen molar-refractivity contribution in [3.63, 3.8) is 0 Å². The number of carbonyl (C=O) groups excluding carboxylic acids is 2. The molecule has 0 bridgehead atoms. The van der Waals surface area contributed by atoms with E-state index in [1.807, 2.05) is 68.5 Å². The number of carbonyl (C=O) groups is 2. The third-order valence-corrected chi connectivity index (χ3v) is 5.23. The normalized spacial score (nSPS) is 12.3. The van der Waals surface area contributed by atoms with Crippen LogP contribution >= 0.6 is 0 Å². The van der Waals surface area contributed by atoms with Gasteiger partial charge in [-0.3, -0.25) is 9.59 Å². The first kappa shape index (κ1) is 23.4. The van der Waals surface area contributed by atoms with E-state index in [2.05, 4.69) is 20.5 Å². The number of aromatic nitrogens is 1. The largest absolute Gasteiger partial charge is 0.493 e. The van der Waals surface area contributed by atoms with E-state index < -0.39 is 11.8 Å². The van der Waals surface area contributed by atoms with Gasteiger partial charge in [0.05, 0.1) is 5.52 Å². The highest BCUT2D eigenvalue weighted by Gasteiger charge is 2.16. The molecule has 4 rings (SSSR count). The summed E-state index contributed by atoms with van der Waals surface area (Å²) in [4.78, 5) is 28.6. The van der Waals surface area contributed by atoms with Crippen LogP contribution in [0.25, 0.3) is 17.0 Å². The molecule has 4 aromatic rings. The number of fused-ring (bicyclic) bond motifs is 1. The van der Waals surface area contributed by atoms with Crippen molar-refractivity contribution >= 4 is 34.5 Å². The second-order valence-electron chi connectivity index (χ2n) is 8.05. The predicted molar refractivity (Wildman–Crippen MR) is 136 cm³/mol. The number of aromatic hydroxyl groups is 1. The molecule has 174 valence electrons. The van der Waals surface area contributed by atoms with Gasteiger partial charge in [-0.15, -0.1) is 10.2 Å². The van der Waals surface area contributed by atoms with Crippen LogP contribution in [0.15, 0.2) is 106 Å². The van der Waals surface area contributed by atoms with Crippen molar-refractivity contribution in [3.8, 4) is 5.88 Å². The SMILES string of the molecule is CC(=Cc1ccccc1)C=C(NC(=O)c1ccccc1)C(=O)N=Nc1c(O)[nH]c2ccc(C)cc12. The van der Waals surface area contributed by atoms with Crippen molar-refractivity contribution in [1.29, 1.82) is 0 Å². The van der Waals surface area contributed by atoms with Crippen molar-refractivity contribution in [2.75, 3.05) is 0 Å². The van der Waals surface area contributed by atoms with Crippen molar-refractivity contribution in [3.05, 3.63) is 113 Å². The van der Waals surface area contributed by atoms with Gasteiger partial charge in [-0.2, -0.15) is 0 Å². The summed E-state index contributed by atoms with van der Waals surface area (Å²) in [7, 11) is 0. The Balaban J connectivity index is 1.66. The first-order valence-corrected chi connectivity index (χ1v) is 11.0. The van der Waals surface area contributed by atoms with E-state index in [1.54, 1.807) is 36.4 Å². The summed E-state index contributed by atoms with van der Waals surface area (Å²) in [5, 5.41) is 21.4. The van der Waals surface area contributed by atoms with Crippen molar-refractivity contribution < 1.29 is 14.7 Å². The molecule has 0 atom stereocenters. The minimum atomic E-state index is -0.753. The van der Waals surface area contributed by atoms with Crippen molar-refractivity contribution in [1.82, 2.24) is 10.3 Å². The molecule has 0 spiro atoms. The zero-order chi connectivity index (χ0) is 24.8. The number of aryl methyl sites for hydroxylation is 1. The Hall–Kier alpha value is -4.78. The number of amides is 2. The molecule has 0 fully saturated rings. The molecule has 7 heteroatoms. The lowest BCUT2D eigenvalue weighted by Crippen LogP contribution is -2.26. The van der Waals surface area contributed by atoms with E-state index in [0.717, 1.165) is 16.7 Å². The van der Waals surface area contributed by atoms with Crippen LogP contribution in [0.3, 0.4) is 0 Å². The lowest BCUT2D eigenvalue weighted by Gasteiger charge is -2.07. The molecular formula is C28H24N4O3. The predicted octanol–water partition coefficient (Wildman–Crippen LogP) is 6.21. The van der Waals surface area contributed by atoms with Crippen LogP contribution in [-0.2, 0) is 4.79 Å². The first-order valence-electron chi connectivity index (χ1n) is 11.0. The maximum atomic E-state index is 13.0. The van der Waals surface area contributed by atoms with Gasteiger partial charge in [0.25, 0.3) is 5.91 Å². The summed E-state index contributed by atoms with van der Waals surface area (Å²) < 4.78 is 0. The summed E-state index contributed by atoms with van der Waals surface area (Å²) in [5.74, 6) is -1.39. The average molecular weight is 465 g/mol. The number of aromatic amines is 1. The number of rotatable bonds is 6. The Morgan fingerprint density at radius 1 is 0.971 bits per heavy atom. The topological polar surface area (TPSA) is 107 Å². The van der Waals surface area contributed by atoms with Crippen LogP contribution in [0.4, 0.5) is 5.69 Å². The molecule has 0 radical (unpaired) electrons. The van der Waals surface area contributed by atoms with Crippen molar-refractivity contribution in [2.24, 2.45) is 10.2 Å². The summed E-state index contributed by atoms with van der Waals surface area (Å²) in [6, 6.07) is 23.7. The Morgan fingerprint density at radius 3 is 2.37 bits per heavy atom. The molecule has 0 saturated heterocycles. The van der Waals surface area contributed by atoms with E-state index in [1.165, 1.54) is 0 Å². The molecule has 2 amide bonds. The number of hydrogen-bond donors (Lipinski definition) is 3. The molecule has 0 aliphatic heterocycles. The highest BCUT2D eigenvalue weighted by Crippen LogP contribution is 2.36. The van der Waals surface area contributed by atoms with Crippen LogP contribution in [0, 0.1) is 6.92 Å². The highest BCUT2D eigenvalue weighted by atomic mass is 16.3. The number of hydrogen-bond acceptors (Lipinski definition) is 4. The fourth-order valence-corrected chi connectivity index (χ4v) is 3.54. The monoisotopic (exact) mass is 464 g/mol. The van der Waals surface area contributed by atoms with Crippen LogP contribution in [0.5, 0.6) is 5.88 Å². The summed E-state index contributed by atoms with van der Waals surface area (Å²) >= 11 is 0. The minimum Gasteiger partial charge on any atom is -0.493 e. The Bertz CT molecular complexity index is 1470. The second-order valence-corrected chi connectivity index (χ2v) is 8.05. The maximum absolute atomic E-state index is 13.0. The van der Waals surface area contributed by atoms with Gasteiger partial charge in [0.1, 0.15) is 5.70 Å². The number of H-pyrrole nitrogens is 1. The lowest BCUT2D eigenvalue weighted by molar-refractivity contribution is -0.115. The van der Waals surface area contributed by atoms with Crippen LogP contribution in [-0.4, -0.2) is 21.9 Å². The van der Waals surface area contributed by atoms with Crippen molar-refractivity contribution in [2.45, 2.75) is 13.8 Å². The molecular weight excluding hydrogens is 440 g/mol. The van der Waals surface area contributed by atoms with Gasteiger partial charge in [-0.1, -0.05) is 66.2 Å². The molecule has 3 aromatic carbocycles. The van der Waals surface area contributed by atoms with Crippen LogP contribution < -0.4 is 5.32 Å². The molecule has 35 heavy (non-hydrogen) atoms. The minimum absolute atomic E-state index is 0.0391. The molecule has 3 N–H and O–H groups in total. The molecule has 0 unspecified atom stereocenters. The quantitative estimate of drug-likeness (QED) is 0.179. The molecule has 1 aromatic heterocycles. The zero-order valence-corrected chi connectivity index (χ0v) is 19.3. The summed E-state index contributed by atoms with van der Waals surface area (Å²) in [5.41, 5.74) is 3.83. The Kier molecular flexibility index (Phi) is 6.97. The van der Waals surface area contributed by atoms with Gasteiger partial charge < -0.3 is 15.4 Å². The van der Waals surface area contributed by atoms with Crippen LogP contribution in [0.1, 0.15) is 28.4 Å². The zero-order valence-electron chi connectivity index (χ0n) is 19.3. The van der Waals surface area contributed by atoms with Gasteiger partial charge in [-0.25, -0.2) is 0 Å². The maximum Gasteiger partial charge on any atom is 0.311 e. The Morgan fingerprint density at radius 2 is 1.66 bits per heavy atom. The summed E-state index contributed by atoms with van der Waals surface area (Å²) in [6.07, 6.45) is 3.43. The van der Waals surface area contributed by atoms with Crippen LogP contribution in [0.2, 0.25) is 0 Å². The van der Waals surface area contributed by atoms with Gasteiger partial charge in [0.2, 0.25) is 5.88 Å². The van der Waals surface area contributed by atoms with Gasteiger partial charge in [0, 0.05) is 10.9 Å². The van der Waals surface area contributed by atoms with E-state index >= 15 is 0 Å². The Labute approximate surface area is 202 Å². The summed E-state index contributed by atoms with van der Waals surface area (Å²) in [6.45, 7) is 3.73. The highest BCUT2D eigenvalue weighted by molar-refractivity contribution is 6.03. The van der Waals surface area contributed by atoms with E-state index in [9.17, 15) is 14.7 Å². The van der Waals surface area contributed by atoms with E-state index in [0.29, 0.717) is 16.5 Å². The number of benzene rings is 3. The van der Waals surface area contributed by atoms with Gasteiger partial charge >= 0.3 is 5.91 Å². The fourth-order valence-electron chi connectivity index (χ4n) is 3.54. The molecule has 0 saturated carbocycles. The molecule has 1 heterocycles. The van der Waals surface area contributed by atoms with E-state index in [-0.39, 0.29) is 17.3 Å². The molecule has 0 aliphatic carbocycles. The molecule has 7 nitrogen and oxygen atoms in total. The average Bonchev–Trinajstić information content (AvgIpc) is 3.17. The van der Waals surface area contributed by atoms with Gasteiger partial charge in [0.15, 0.2) is 5.69 Å². The number of allylic oxidation sites excluding steroid dienone is 2. The standard InChI is InChI=1S/C28H24N4O3/c1-18-13-14-23-22(16-18)25(28(35)29-23)31-32-27(34)24(30-26(33)21-11-7-4-8-12-21)17-19(2)15-20-9-5-3-6-10-20/h3-17,29,35H,1-2H3,(H,30,33).